The summed E-state index contributed by atoms with van der Waals surface area (Å²) in [6.07, 6.45) is 4.54. The van der Waals surface area contributed by atoms with Crippen molar-refractivity contribution in [3.05, 3.63) is 45.0 Å². The molecule has 25 heavy (non-hydrogen) atoms. The minimum absolute atomic E-state index is 0.127. The lowest BCUT2D eigenvalue weighted by atomic mass is 9.91. The Kier molecular flexibility index (Phi) is 3.64. The van der Waals surface area contributed by atoms with E-state index in [1.54, 1.807) is 23.5 Å². The number of rotatable bonds is 1. The fourth-order valence-corrected chi connectivity index (χ4v) is 5.38. The van der Waals surface area contributed by atoms with Crippen molar-refractivity contribution in [2.45, 2.75) is 25.0 Å². The van der Waals surface area contributed by atoms with Gasteiger partial charge in [0.1, 0.15) is 17.5 Å². The minimum Gasteiger partial charge on any atom is -0.347 e. The molecule has 1 spiro atoms. The van der Waals surface area contributed by atoms with Crippen LogP contribution in [0.2, 0.25) is 5.02 Å². The summed E-state index contributed by atoms with van der Waals surface area (Å²) in [7, 11) is 0. The zero-order chi connectivity index (χ0) is 17.0. The van der Waals surface area contributed by atoms with Crippen molar-refractivity contribution in [3.63, 3.8) is 0 Å². The van der Waals surface area contributed by atoms with E-state index in [-0.39, 0.29) is 5.02 Å². The van der Waals surface area contributed by atoms with Gasteiger partial charge in [-0.1, -0.05) is 11.6 Å². The van der Waals surface area contributed by atoms with Gasteiger partial charge in [0.25, 0.3) is 0 Å². The zero-order valence-electron chi connectivity index (χ0n) is 13.4. The Balaban J connectivity index is 1.55. The Hall–Kier alpha value is -1.47. The summed E-state index contributed by atoms with van der Waals surface area (Å²) in [6, 6.07) is 4.80. The molecule has 1 aliphatic carbocycles. The highest BCUT2D eigenvalue weighted by Gasteiger charge is 2.42. The number of fused-ring (bicyclic) bond motifs is 3. The minimum atomic E-state index is -0.443. The number of nitrogens with zero attached hydrogens (tertiary/aromatic N) is 2. The van der Waals surface area contributed by atoms with Gasteiger partial charge in [0.05, 0.1) is 18.2 Å². The molecule has 1 saturated heterocycles. The maximum atomic E-state index is 13.5. The molecule has 3 heterocycles. The molecule has 7 heteroatoms. The molecule has 0 amide bonds. The van der Waals surface area contributed by atoms with Gasteiger partial charge in [-0.25, -0.2) is 4.39 Å². The molecule has 0 bridgehead atoms. The van der Waals surface area contributed by atoms with E-state index in [1.807, 2.05) is 6.21 Å². The number of ether oxygens (including phenoxy) is 2. The van der Waals surface area contributed by atoms with Crippen molar-refractivity contribution in [1.82, 2.24) is 0 Å². The second kappa shape index (κ2) is 5.77. The molecule has 2 aliphatic heterocycles. The number of hydrogen-bond acceptors (Lipinski definition) is 5. The smallest absolute Gasteiger partial charge is 0.173 e. The molecule has 0 radical (unpaired) electrons. The molecule has 1 fully saturated rings. The van der Waals surface area contributed by atoms with Crippen LogP contribution < -0.4 is 4.90 Å². The average Bonchev–Trinajstić information content (AvgIpc) is 3.21. The number of anilines is 2. The third-order valence-corrected chi connectivity index (χ3v) is 6.58. The Morgan fingerprint density at radius 1 is 1.28 bits per heavy atom. The Morgan fingerprint density at radius 3 is 2.92 bits per heavy atom. The second-order valence-corrected chi connectivity index (χ2v) is 7.98. The molecule has 0 saturated carbocycles. The summed E-state index contributed by atoms with van der Waals surface area (Å²) in [6.45, 7) is 1.84. The van der Waals surface area contributed by atoms with Crippen molar-refractivity contribution >= 4 is 39.8 Å². The molecule has 0 N–H and O–H groups in total. The lowest BCUT2D eigenvalue weighted by Gasteiger charge is -2.31. The van der Waals surface area contributed by atoms with E-state index in [9.17, 15) is 4.39 Å². The van der Waals surface area contributed by atoms with Crippen LogP contribution in [-0.2, 0) is 22.3 Å². The van der Waals surface area contributed by atoms with E-state index < -0.39 is 11.6 Å². The summed E-state index contributed by atoms with van der Waals surface area (Å²) in [4.78, 5) is 7.89. The van der Waals surface area contributed by atoms with Gasteiger partial charge in [0.15, 0.2) is 5.79 Å². The highest BCUT2D eigenvalue weighted by Crippen LogP contribution is 2.47. The molecule has 0 atom stereocenters. The summed E-state index contributed by atoms with van der Waals surface area (Å²) in [5.74, 6) is -0.851. The average molecular weight is 379 g/mol. The Labute approximate surface area is 153 Å². The fourth-order valence-electron chi connectivity index (χ4n) is 3.78. The van der Waals surface area contributed by atoms with Gasteiger partial charge in [-0.05, 0) is 30.2 Å². The highest BCUT2D eigenvalue weighted by molar-refractivity contribution is 7.16. The first kappa shape index (κ1) is 15.8. The summed E-state index contributed by atoms with van der Waals surface area (Å²) >= 11 is 7.72. The number of benzene rings is 1. The Morgan fingerprint density at radius 2 is 2.12 bits per heavy atom. The monoisotopic (exact) mass is 378 g/mol. The van der Waals surface area contributed by atoms with Crippen LogP contribution in [0.5, 0.6) is 0 Å². The van der Waals surface area contributed by atoms with E-state index in [1.165, 1.54) is 22.1 Å². The number of aliphatic imine (C=N–C) groups is 1. The third-order valence-electron chi connectivity index (χ3n) is 5.01. The van der Waals surface area contributed by atoms with Crippen LogP contribution in [0, 0.1) is 5.82 Å². The molecule has 3 aliphatic rings. The second-order valence-electron chi connectivity index (χ2n) is 6.49. The molecule has 1 aromatic heterocycles. The van der Waals surface area contributed by atoms with Crippen LogP contribution in [0.15, 0.2) is 23.2 Å². The lowest BCUT2D eigenvalue weighted by Crippen LogP contribution is -2.36. The van der Waals surface area contributed by atoms with Crippen LogP contribution in [0.1, 0.15) is 22.4 Å². The topological polar surface area (TPSA) is 34.1 Å². The van der Waals surface area contributed by atoms with Gasteiger partial charge in [-0.2, -0.15) is 0 Å². The van der Waals surface area contributed by atoms with E-state index >= 15 is 0 Å². The van der Waals surface area contributed by atoms with Gasteiger partial charge < -0.3 is 14.4 Å². The fraction of sp³-hybridized carbons (Fsp3) is 0.389. The molecule has 130 valence electrons. The van der Waals surface area contributed by atoms with Gasteiger partial charge in [-0.15, -0.1) is 11.3 Å². The number of halogens is 2. The van der Waals surface area contributed by atoms with E-state index in [4.69, 9.17) is 21.1 Å². The number of hydrogen-bond donors (Lipinski definition) is 0. The molecular weight excluding hydrogens is 363 g/mol. The maximum absolute atomic E-state index is 13.5. The van der Waals surface area contributed by atoms with Gasteiger partial charge in [0.2, 0.25) is 0 Å². The van der Waals surface area contributed by atoms with Crippen LogP contribution in [0.4, 0.5) is 15.1 Å². The van der Waals surface area contributed by atoms with Crippen molar-refractivity contribution in [3.8, 4) is 0 Å². The highest BCUT2D eigenvalue weighted by atomic mass is 35.5. The first-order chi connectivity index (χ1) is 12.2. The van der Waals surface area contributed by atoms with E-state index in [0.29, 0.717) is 19.9 Å². The number of thiophene rings is 1. The zero-order valence-corrected chi connectivity index (χ0v) is 15.0. The summed E-state index contributed by atoms with van der Waals surface area (Å²) in [5, 5.41) is 1.26. The summed E-state index contributed by atoms with van der Waals surface area (Å²) in [5.41, 5.74) is 3.36. The van der Waals surface area contributed by atoms with Gasteiger partial charge in [0, 0.05) is 35.2 Å². The predicted octanol–water partition coefficient (Wildman–Crippen LogP) is 4.30. The normalized spacial score (nSPS) is 20.8. The molecule has 5 rings (SSSR count). The first-order valence-corrected chi connectivity index (χ1v) is 9.50. The van der Waals surface area contributed by atoms with Crippen molar-refractivity contribution in [1.29, 1.82) is 0 Å². The summed E-state index contributed by atoms with van der Waals surface area (Å²) < 4.78 is 25.3. The van der Waals surface area contributed by atoms with Crippen molar-refractivity contribution in [2.75, 3.05) is 24.8 Å². The molecule has 4 nitrogen and oxygen atoms in total. The van der Waals surface area contributed by atoms with E-state index in [2.05, 4.69) is 9.89 Å². The van der Waals surface area contributed by atoms with Gasteiger partial charge in [-0.3, -0.25) is 4.99 Å². The van der Waals surface area contributed by atoms with Crippen LogP contribution in [-0.4, -0.2) is 31.9 Å². The van der Waals surface area contributed by atoms with Crippen LogP contribution in [0.25, 0.3) is 0 Å². The predicted molar refractivity (Wildman–Crippen MR) is 97.0 cm³/mol. The van der Waals surface area contributed by atoms with Crippen molar-refractivity contribution in [2.24, 2.45) is 4.99 Å². The molecule has 0 unspecified atom stereocenters. The molecule has 2 aromatic rings. The van der Waals surface area contributed by atoms with Crippen molar-refractivity contribution < 1.29 is 13.9 Å². The SMILES string of the molecule is Fc1ccc(N2CN=Cc3c2sc2c3CCC3(C2)OCCO3)cc1Cl. The largest absolute Gasteiger partial charge is 0.347 e. The van der Waals surface area contributed by atoms with Gasteiger partial charge >= 0.3 is 0 Å². The quantitative estimate of drug-likeness (QED) is 0.742. The van der Waals surface area contributed by atoms with E-state index in [0.717, 1.165) is 30.0 Å². The van der Waals surface area contributed by atoms with Crippen LogP contribution >= 0.6 is 22.9 Å². The lowest BCUT2D eigenvalue weighted by molar-refractivity contribution is -0.163. The third kappa shape index (κ3) is 2.51. The van der Waals surface area contributed by atoms with Crippen LogP contribution in [0.3, 0.4) is 0 Å². The first-order valence-electron chi connectivity index (χ1n) is 8.30. The molecule has 1 aromatic carbocycles. The Bertz CT molecular complexity index is 876. The maximum Gasteiger partial charge on any atom is 0.173 e. The molecular formula is C18H16ClFN2O2S. The standard InChI is InChI=1S/C18H16ClFN2O2S/c19-14-7-11(1-2-15(14)20)22-10-21-9-13-12-3-4-18(23-5-6-24-18)8-16(12)25-17(13)22/h1-2,7,9H,3-6,8,10H2.